The van der Waals surface area contributed by atoms with E-state index in [1.165, 1.54) is 6.08 Å². The maximum atomic E-state index is 12.6. The predicted octanol–water partition coefficient (Wildman–Crippen LogP) is 4.95. The van der Waals surface area contributed by atoms with Gasteiger partial charge in [-0.05, 0) is 42.2 Å². The number of carbonyl (C=O) groups is 2. The smallest absolute Gasteiger partial charge is 0.330 e. The standard InChI is InChI=1S/C27H29NO6/c1-4-32-15-16-33-24(29)14-13-23-26(2,3)27(23,25(30)31)22(18-28)19-9-8-12-21(17-19)34-20-10-6-5-7-11-20/h5-14,17,22-23H,4,15-16H2,1-3H3,(H,30,31)/b14-13-/t22-,23-,27+/m0/s1. The predicted molar refractivity (Wildman–Crippen MR) is 125 cm³/mol. The summed E-state index contributed by atoms with van der Waals surface area (Å²) in [4.78, 5) is 24.7. The number of hydrogen-bond acceptors (Lipinski definition) is 6. The van der Waals surface area contributed by atoms with Gasteiger partial charge in [0.1, 0.15) is 23.5 Å². The summed E-state index contributed by atoms with van der Waals surface area (Å²) < 4.78 is 16.1. The second-order valence-corrected chi connectivity index (χ2v) is 8.65. The van der Waals surface area contributed by atoms with Crippen LogP contribution in [0.5, 0.6) is 11.5 Å². The van der Waals surface area contributed by atoms with E-state index in [4.69, 9.17) is 14.2 Å². The number of nitriles is 1. The SMILES string of the molecule is CCOCCOC(=O)/C=C\[C@H]1C(C)(C)[C@]1(C(=O)O)[C@@H](C#N)c1cccc(Oc2ccccc2)c1. The molecule has 1 aliphatic rings. The molecule has 0 bridgehead atoms. The molecular formula is C27H29NO6. The lowest BCUT2D eigenvalue weighted by molar-refractivity contribution is -0.145. The third-order valence-electron chi connectivity index (χ3n) is 6.46. The van der Waals surface area contributed by atoms with Gasteiger partial charge in [0.05, 0.1) is 18.6 Å². The van der Waals surface area contributed by atoms with Crippen molar-refractivity contribution in [1.82, 2.24) is 0 Å². The Bertz CT molecular complexity index is 1090. The van der Waals surface area contributed by atoms with Crippen LogP contribution in [0.4, 0.5) is 0 Å². The summed E-state index contributed by atoms with van der Waals surface area (Å²) in [7, 11) is 0. The zero-order chi connectivity index (χ0) is 24.8. The molecule has 2 aromatic rings. The first-order chi connectivity index (χ1) is 16.3. The van der Waals surface area contributed by atoms with E-state index >= 15 is 0 Å². The third kappa shape index (κ3) is 4.82. The zero-order valence-corrected chi connectivity index (χ0v) is 19.6. The first-order valence-electron chi connectivity index (χ1n) is 11.2. The average molecular weight is 464 g/mol. The van der Waals surface area contributed by atoms with Crippen molar-refractivity contribution in [3.05, 3.63) is 72.3 Å². The van der Waals surface area contributed by atoms with E-state index < -0.39 is 34.6 Å². The van der Waals surface area contributed by atoms with E-state index in [0.29, 0.717) is 30.3 Å². The van der Waals surface area contributed by atoms with Gasteiger partial charge in [0.2, 0.25) is 0 Å². The maximum Gasteiger partial charge on any atom is 0.330 e. The number of esters is 1. The number of carboxylic acids is 1. The molecule has 0 heterocycles. The first kappa shape index (κ1) is 25.0. The van der Waals surface area contributed by atoms with E-state index in [-0.39, 0.29) is 6.61 Å². The Morgan fingerprint density at radius 2 is 1.82 bits per heavy atom. The van der Waals surface area contributed by atoms with Gasteiger partial charge in [0, 0.05) is 18.6 Å². The Morgan fingerprint density at radius 1 is 1.12 bits per heavy atom. The van der Waals surface area contributed by atoms with Gasteiger partial charge >= 0.3 is 11.9 Å². The minimum absolute atomic E-state index is 0.115. The Balaban J connectivity index is 1.84. The van der Waals surface area contributed by atoms with Gasteiger partial charge in [-0.1, -0.05) is 50.3 Å². The fraction of sp³-hybridized carbons (Fsp3) is 0.370. The molecule has 0 radical (unpaired) electrons. The van der Waals surface area contributed by atoms with Gasteiger partial charge in [-0.15, -0.1) is 0 Å². The number of hydrogen-bond donors (Lipinski definition) is 1. The molecule has 1 aliphatic carbocycles. The minimum atomic E-state index is -1.41. The van der Waals surface area contributed by atoms with Crippen molar-refractivity contribution in [2.75, 3.05) is 19.8 Å². The zero-order valence-electron chi connectivity index (χ0n) is 19.6. The van der Waals surface area contributed by atoms with Crippen molar-refractivity contribution in [2.45, 2.75) is 26.7 Å². The summed E-state index contributed by atoms with van der Waals surface area (Å²) in [5, 5.41) is 20.4. The fourth-order valence-corrected chi connectivity index (χ4v) is 4.70. The van der Waals surface area contributed by atoms with Crippen LogP contribution in [-0.4, -0.2) is 36.9 Å². The number of carbonyl (C=O) groups excluding carboxylic acids is 1. The molecule has 0 aromatic heterocycles. The summed E-state index contributed by atoms with van der Waals surface area (Å²) in [5.74, 6) is -2.01. The van der Waals surface area contributed by atoms with Gasteiger partial charge in [0.25, 0.3) is 0 Å². The van der Waals surface area contributed by atoms with Crippen molar-refractivity contribution in [3.8, 4) is 17.6 Å². The number of rotatable bonds is 11. The molecule has 0 saturated heterocycles. The summed E-state index contributed by atoms with van der Waals surface area (Å²) in [6.45, 7) is 6.37. The van der Waals surface area contributed by atoms with Gasteiger partial charge in [-0.3, -0.25) is 4.79 Å². The van der Waals surface area contributed by atoms with Crippen LogP contribution in [0.2, 0.25) is 0 Å². The highest BCUT2D eigenvalue weighted by molar-refractivity contribution is 5.86. The molecule has 7 heteroatoms. The summed E-state index contributed by atoms with van der Waals surface area (Å²) in [6.07, 6.45) is 2.79. The third-order valence-corrected chi connectivity index (χ3v) is 6.46. The normalized spacial score (nSPS) is 21.4. The Kier molecular flexibility index (Phi) is 7.75. The molecule has 178 valence electrons. The second-order valence-electron chi connectivity index (χ2n) is 8.65. The Morgan fingerprint density at radius 3 is 2.47 bits per heavy atom. The van der Waals surface area contributed by atoms with Crippen LogP contribution in [0.3, 0.4) is 0 Å². The highest BCUT2D eigenvalue weighted by Gasteiger charge is 2.78. The average Bonchev–Trinajstić information content (AvgIpc) is 3.32. The molecule has 0 spiro atoms. The van der Waals surface area contributed by atoms with Crippen LogP contribution in [0.15, 0.2) is 66.7 Å². The van der Waals surface area contributed by atoms with Gasteiger partial charge in [-0.25, -0.2) is 4.79 Å². The van der Waals surface area contributed by atoms with Crippen molar-refractivity contribution in [1.29, 1.82) is 5.26 Å². The number of benzene rings is 2. The topological polar surface area (TPSA) is 106 Å². The molecule has 3 rings (SSSR count). The number of allylic oxidation sites excluding steroid dienone is 1. The minimum Gasteiger partial charge on any atom is -0.481 e. The van der Waals surface area contributed by atoms with Crippen LogP contribution in [0.1, 0.15) is 32.3 Å². The van der Waals surface area contributed by atoms with Gasteiger partial charge in [-0.2, -0.15) is 5.26 Å². The quantitative estimate of drug-likeness (QED) is 0.285. The van der Waals surface area contributed by atoms with Crippen LogP contribution < -0.4 is 4.74 Å². The van der Waals surface area contributed by atoms with Crippen LogP contribution in [-0.2, 0) is 19.1 Å². The fourth-order valence-electron chi connectivity index (χ4n) is 4.70. The van der Waals surface area contributed by atoms with Crippen LogP contribution in [0, 0.1) is 28.1 Å². The lowest BCUT2D eigenvalue weighted by atomic mass is 9.78. The molecule has 7 nitrogen and oxygen atoms in total. The monoisotopic (exact) mass is 463 g/mol. The van der Waals surface area contributed by atoms with Crippen molar-refractivity contribution < 1.29 is 28.9 Å². The molecule has 1 fully saturated rings. The molecule has 0 aliphatic heterocycles. The first-order valence-corrected chi connectivity index (χ1v) is 11.2. The van der Waals surface area contributed by atoms with E-state index in [0.717, 1.165) is 0 Å². The van der Waals surface area contributed by atoms with Crippen LogP contribution in [0.25, 0.3) is 0 Å². The lowest BCUT2D eigenvalue weighted by Crippen LogP contribution is -2.28. The van der Waals surface area contributed by atoms with Crippen molar-refractivity contribution >= 4 is 11.9 Å². The number of aliphatic carboxylic acids is 1. The highest BCUT2D eigenvalue weighted by atomic mass is 16.6. The molecular weight excluding hydrogens is 434 g/mol. The number of para-hydroxylation sites is 1. The molecule has 1 saturated carbocycles. The van der Waals surface area contributed by atoms with Crippen molar-refractivity contribution in [2.24, 2.45) is 16.7 Å². The number of ether oxygens (including phenoxy) is 3. The number of nitrogens with zero attached hydrogens (tertiary/aromatic N) is 1. The van der Waals surface area contributed by atoms with E-state index in [1.807, 2.05) is 37.3 Å². The summed E-state index contributed by atoms with van der Waals surface area (Å²) >= 11 is 0. The molecule has 2 aromatic carbocycles. The second kappa shape index (κ2) is 10.5. The summed E-state index contributed by atoms with van der Waals surface area (Å²) in [5.41, 5.74) is -1.63. The van der Waals surface area contributed by atoms with E-state index in [9.17, 15) is 20.0 Å². The largest absolute Gasteiger partial charge is 0.481 e. The Hall–Kier alpha value is -3.63. The van der Waals surface area contributed by atoms with Gasteiger partial charge in [0.15, 0.2) is 0 Å². The van der Waals surface area contributed by atoms with E-state index in [1.54, 1.807) is 44.2 Å². The molecule has 0 unspecified atom stereocenters. The van der Waals surface area contributed by atoms with Crippen LogP contribution >= 0.6 is 0 Å². The highest BCUT2D eigenvalue weighted by Crippen LogP contribution is 2.75. The molecule has 0 amide bonds. The molecule has 34 heavy (non-hydrogen) atoms. The maximum absolute atomic E-state index is 12.6. The van der Waals surface area contributed by atoms with Crippen molar-refractivity contribution in [3.63, 3.8) is 0 Å². The Labute approximate surface area is 199 Å². The summed E-state index contributed by atoms with van der Waals surface area (Å²) in [6, 6.07) is 18.3. The molecule has 1 N–H and O–H groups in total. The van der Waals surface area contributed by atoms with E-state index in [2.05, 4.69) is 6.07 Å². The van der Waals surface area contributed by atoms with Gasteiger partial charge < -0.3 is 19.3 Å². The lowest BCUT2D eigenvalue weighted by Gasteiger charge is -2.22. The number of carboxylic acid groups (broad SMARTS) is 1. The molecule has 3 atom stereocenters.